The van der Waals surface area contributed by atoms with Gasteiger partial charge in [-0.1, -0.05) is 19.9 Å². The first-order valence-electron chi connectivity index (χ1n) is 10.7. The van der Waals surface area contributed by atoms with Gasteiger partial charge in [0.15, 0.2) is 5.78 Å². The first-order chi connectivity index (χ1) is 15.1. The standard InChI is InChI=1S/C23H25F3N4O2/c1-14(2)20-13-30(21-6-5-16(11-28-21)15-3-4-15)22(32)29(20)12-19(31)10-18-9-17(7-8-27-18)23(24,25)26/h5-9,11,14-15,20H,3-4,10,12-13H2,1-2H3/t20-/m1/s1. The van der Waals surface area contributed by atoms with Gasteiger partial charge in [-0.15, -0.1) is 0 Å². The predicted molar refractivity (Wildman–Crippen MR) is 112 cm³/mol. The smallest absolute Gasteiger partial charge is 0.312 e. The van der Waals surface area contributed by atoms with E-state index in [2.05, 4.69) is 9.97 Å². The average molecular weight is 446 g/mol. The zero-order valence-corrected chi connectivity index (χ0v) is 18.0. The van der Waals surface area contributed by atoms with Crippen molar-refractivity contribution in [2.75, 3.05) is 18.0 Å². The zero-order chi connectivity index (χ0) is 23.0. The van der Waals surface area contributed by atoms with Crippen LogP contribution in [0.2, 0.25) is 0 Å². The van der Waals surface area contributed by atoms with E-state index in [9.17, 15) is 22.8 Å². The average Bonchev–Trinajstić information content (AvgIpc) is 3.53. The highest BCUT2D eigenvalue weighted by atomic mass is 19.4. The fraction of sp³-hybridized carbons (Fsp3) is 0.478. The number of urea groups is 1. The monoisotopic (exact) mass is 446 g/mol. The van der Waals surface area contributed by atoms with E-state index in [-0.39, 0.29) is 42.4 Å². The van der Waals surface area contributed by atoms with Gasteiger partial charge in [-0.25, -0.2) is 9.78 Å². The normalized spacial score (nSPS) is 19.2. The molecule has 0 N–H and O–H groups in total. The number of Topliss-reactive ketones (excluding diaryl/α,β-unsaturated/α-hetero) is 1. The predicted octanol–water partition coefficient (Wildman–Crippen LogP) is 4.45. The minimum atomic E-state index is -4.50. The van der Waals surface area contributed by atoms with Crippen molar-refractivity contribution in [3.63, 3.8) is 0 Å². The van der Waals surface area contributed by atoms with E-state index in [0.717, 1.165) is 31.2 Å². The largest absolute Gasteiger partial charge is 0.416 e. The van der Waals surface area contributed by atoms with Crippen LogP contribution >= 0.6 is 0 Å². The van der Waals surface area contributed by atoms with Crippen LogP contribution < -0.4 is 4.90 Å². The highest BCUT2D eigenvalue weighted by Gasteiger charge is 2.41. The summed E-state index contributed by atoms with van der Waals surface area (Å²) in [7, 11) is 0. The number of hydrogen-bond donors (Lipinski definition) is 0. The lowest BCUT2D eigenvalue weighted by molar-refractivity contribution is -0.137. The van der Waals surface area contributed by atoms with Crippen LogP contribution in [-0.2, 0) is 17.4 Å². The third-order valence-corrected chi connectivity index (χ3v) is 5.98. The van der Waals surface area contributed by atoms with E-state index in [1.54, 1.807) is 11.1 Å². The third-order valence-electron chi connectivity index (χ3n) is 5.98. The Morgan fingerprint density at radius 3 is 2.53 bits per heavy atom. The van der Waals surface area contributed by atoms with Crippen LogP contribution in [0, 0.1) is 5.92 Å². The SMILES string of the molecule is CC(C)[C@H]1CN(c2ccc(C3CC3)cn2)C(=O)N1CC(=O)Cc1cc(C(F)(F)F)ccn1. The second-order valence-electron chi connectivity index (χ2n) is 8.81. The number of anilines is 1. The molecule has 3 heterocycles. The van der Waals surface area contributed by atoms with Crippen LogP contribution in [0.5, 0.6) is 0 Å². The van der Waals surface area contributed by atoms with Crippen LogP contribution in [0.4, 0.5) is 23.8 Å². The van der Waals surface area contributed by atoms with E-state index in [1.165, 1.54) is 10.5 Å². The van der Waals surface area contributed by atoms with Crippen molar-refractivity contribution in [2.45, 2.75) is 51.2 Å². The Kier molecular flexibility index (Phi) is 5.92. The summed E-state index contributed by atoms with van der Waals surface area (Å²) in [6.45, 7) is 4.16. The molecular weight excluding hydrogens is 421 g/mol. The van der Waals surface area contributed by atoms with Crippen LogP contribution in [0.15, 0.2) is 36.7 Å². The number of halogens is 3. The first kappa shape index (κ1) is 22.2. The topological polar surface area (TPSA) is 66.4 Å². The van der Waals surface area contributed by atoms with E-state index in [4.69, 9.17) is 0 Å². The summed E-state index contributed by atoms with van der Waals surface area (Å²) < 4.78 is 38.8. The molecule has 2 aromatic rings. The molecule has 0 aromatic carbocycles. The van der Waals surface area contributed by atoms with E-state index < -0.39 is 11.7 Å². The second kappa shape index (κ2) is 8.52. The van der Waals surface area contributed by atoms with Crippen molar-refractivity contribution in [3.05, 3.63) is 53.5 Å². The molecular formula is C23H25F3N4O2. The number of ketones is 1. The van der Waals surface area contributed by atoms with E-state index in [1.807, 2.05) is 26.0 Å². The molecule has 2 aromatic heterocycles. The number of amides is 2. The number of pyridine rings is 2. The Labute approximate surface area is 184 Å². The minimum Gasteiger partial charge on any atom is -0.312 e. The summed E-state index contributed by atoms with van der Waals surface area (Å²) in [5.74, 6) is 0.830. The summed E-state index contributed by atoms with van der Waals surface area (Å²) in [6, 6.07) is 5.05. The lowest BCUT2D eigenvalue weighted by atomic mass is 10.0. The number of hydrogen-bond acceptors (Lipinski definition) is 4. The van der Waals surface area contributed by atoms with Gasteiger partial charge in [-0.05, 0) is 48.4 Å². The summed E-state index contributed by atoms with van der Waals surface area (Å²) in [5.41, 5.74) is 0.354. The number of nitrogens with zero attached hydrogens (tertiary/aromatic N) is 4. The summed E-state index contributed by atoms with van der Waals surface area (Å²) in [5, 5.41) is 0. The maximum Gasteiger partial charge on any atom is 0.416 e. The number of carbonyl (C=O) groups is 2. The quantitative estimate of drug-likeness (QED) is 0.630. The number of aromatic nitrogens is 2. The molecule has 2 amide bonds. The van der Waals surface area contributed by atoms with Gasteiger partial charge in [-0.3, -0.25) is 14.7 Å². The molecule has 0 unspecified atom stereocenters. The molecule has 1 aliphatic heterocycles. The Balaban J connectivity index is 1.46. The van der Waals surface area contributed by atoms with Crippen LogP contribution in [0.3, 0.4) is 0 Å². The van der Waals surface area contributed by atoms with Gasteiger partial charge in [0.05, 0.1) is 24.6 Å². The number of carbonyl (C=O) groups excluding carboxylic acids is 2. The Bertz CT molecular complexity index is 1000. The molecule has 32 heavy (non-hydrogen) atoms. The molecule has 6 nitrogen and oxygen atoms in total. The summed E-state index contributed by atoms with van der Waals surface area (Å²) in [6.07, 6.45) is 0.398. The van der Waals surface area contributed by atoms with Crippen molar-refractivity contribution in [3.8, 4) is 0 Å². The van der Waals surface area contributed by atoms with Crippen molar-refractivity contribution in [1.29, 1.82) is 0 Å². The van der Waals surface area contributed by atoms with Gasteiger partial charge in [-0.2, -0.15) is 13.2 Å². The molecule has 1 atom stereocenters. The van der Waals surface area contributed by atoms with Crippen molar-refractivity contribution in [2.24, 2.45) is 5.92 Å². The maximum atomic E-state index is 13.1. The van der Waals surface area contributed by atoms with Gasteiger partial charge in [0.1, 0.15) is 5.82 Å². The fourth-order valence-corrected chi connectivity index (χ4v) is 4.02. The lowest BCUT2D eigenvalue weighted by Crippen LogP contribution is -2.41. The van der Waals surface area contributed by atoms with E-state index in [0.29, 0.717) is 18.3 Å². The van der Waals surface area contributed by atoms with Crippen LogP contribution in [-0.4, -0.2) is 45.8 Å². The zero-order valence-electron chi connectivity index (χ0n) is 18.0. The van der Waals surface area contributed by atoms with Crippen molar-refractivity contribution in [1.82, 2.24) is 14.9 Å². The molecule has 2 aliphatic rings. The van der Waals surface area contributed by atoms with Crippen molar-refractivity contribution >= 4 is 17.6 Å². The molecule has 0 radical (unpaired) electrons. The molecule has 9 heteroatoms. The molecule has 0 spiro atoms. The summed E-state index contributed by atoms with van der Waals surface area (Å²) >= 11 is 0. The molecule has 4 rings (SSSR count). The number of rotatable bonds is 7. The van der Waals surface area contributed by atoms with Gasteiger partial charge in [0, 0.05) is 24.6 Å². The fourth-order valence-electron chi connectivity index (χ4n) is 4.02. The third kappa shape index (κ3) is 4.76. The van der Waals surface area contributed by atoms with Gasteiger partial charge >= 0.3 is 12.2 Å². The molecule has 0 bridgehead atoms. The first-order valence-corrected chi connectivity index (χ1v) is 10.7. The Morgan fingerprint density at radius 1 is 1.19 bits per heavy atom. The summed E-state index contributed by atoms with van der Waals surface area (Å²) in [4.78, 5) is 37.2. The number of alkyl halides is 3. The molecule has 170 valence electrons. The van der Waals surface area contributed by atoms with Crippen LogP contribution in [0.25, 0.3) is 0 Å². The molecule has 2 fully saturated rings. The Morgan fingerprint density at radius 2 is 1.94 bits per heavy atom. The van der Waals surface area contributed by atoms with Gasteiger partial charge < -0.3 is 4.90 Å². The molecule has 1 saturated carbocycles. The molecule has 1 saturated heterocycles. The van der Waals surface area contributed by atoms with Gasteiger partial charge in [0.25, 0.3) is 0 Å². The highest BCUT2D eigenvalue weighted by Crippen LogP contribution is 2.40. The second-order valence-corrected chi connectivity index (χ2v) is 8.81. The van der Waals surface area contributed by atoms with Crippen molar-refractivity contribution < 1.29 is 22.8 Å². The Hall–Kier alpha value is -2.97. The van der Waals surface area contributed by atoms with Gasteiger partial charge in [0.2, 0.25) is 0 Å². The minimum absolute atomic E-state index is 0.0340. The highest BCUT2D eigenvalue weighted by molar-refractivity contribution is 5.96. The van der Waals surface area contributed by atoms with Crippen LogP contribution in [0.1, 0.15) is 49.4 Å². The lowest BCUT2D eigenvalue weighted by Gasteiger charge is -2.25. The molecule has 1 aliphatic carbocycles. The van der Waals surface area contributed by atoms with E-state index >= 15 is 0 Å². The maximum absolute atomic E-state index is 13.1.